The van der Waals surface area contributed by atoms with E-state index in [0.29, 0.717) is 16.1 Å². The highest BCUT2D eigenvalue weighted by Crippen LogP contribution is 2.37. The standard InChI is InChI=1S/C16H19Cl2NO/c17-14-9-8-13(10-15(14)18)19(12-6-7-12)16(20)11-4-2-1-3-5-11/h8-12H,1-7H2. The molecule has 1 amide bonds. The van der Waals surface area contributed by atoms with Crippen LogP contribution in [0.3, 0.4) is 0 Å². The smallest absolute Gasteiger partial charge is 0.230 e. The Balaban J connectivity index is 1.84. The highest BCUT2D eigenvalue weighted by atomic mass is 35.5. The van der Waals surface area contributed by atoms with Gasteiger partial charge in [0.2, 0.25) is 5.91 Å². The third kappa shape index (κ3) is 2.96. The second-order valence-electron chi connectivity index (χ2n) is 5.87. The summed E-state index contributed by atoms with van der Waals surface area (Å²) < 4.78 is 0. The first-order valence-corrected chi connectivity index (χ1v) is 8.20. The molecule has 108 valence electrons. The quantitative estimate of drug-likeness (QED) is 0.763. The summed E-state index contributed by atoms with van der Waals surface area (Å²) in [5.74, 6) is 0.476. The number of hydrogen-bond donors (Lipinski definition) is 0. The number of carbonyl (C=O) groups excluding carboxylic acids is 1. The summed E-state index contributed by atoms with van der Waals surface area (Å²) in [5, 5.41) is 1.06. The fourth-order valence-corrected chi connectivity index (χ4v) is 3.32. The van der Waals surface area contributed by atoms with Crippen LogP contribution in [0.5, 0.6) is 0 Å². The number of benzene rings is 1. The van der Waals surface area contributed by atoms with Gasteiger partial charge in [0.15, 0.2) is 0 Å². The normalized spacial score (nSPS) is 19.9. The Morgan fingerprint density at radius 2 is 1.70 bits per heavy atom. The topological polar surface area (TPSA) is 20.3 Å². The van der Waals surface area contributed by atoms with Gasteiger partial charge in [-0.1, -0.05) is 42.5 Å². The lowest BCUT2D eigenvalue weighted by Crippen LogP contribution is -2.38. The SMILES string of the molecule is O=C(C1CCCCC1)N(c1ccc(Cl)c(Cl)c1)C1CC1. The molecule has 2 aliphatic rings. The molecule has 1 aromatic rings. The van der Waals surface area contributed by atoms with E-state index in [1.165, 1.54) is 19.3 Å². The Morgan fingerprint density at radius 3 is 2.30 bits per heavy atom. The number of rotatable bonds is 3. The molecule has 0 bridgehead atoms. The molecule has 0 aromatic heterocycles. The van der Waals surface area contributed by atoms with Gasteiger partial charge < -0.3 is 4.90 Å². The summed E-state index contributed by atoms with van der Waals surface area (Å²) in [6.07, 6.45) is 7.87. The van der Waals surface area contributed by atoms with Crippen molar-refractivity contribution in [1.82, 2.24) is 0 Å². The molecule has 0 radical (unpaired) electrons. The number of halogens is 2. The van der Waals surface area contributed by atoms with Gasteiger partial charge in [0.1, 0.15) is 0 Å². The van der Waals surface area contributed by atoms with Crippen molar-refractivity contribution < 1.29 is 4.79 Å². The van der Waals surface area contributed by atoms with Gasteiger partial charge in [-0.15, -0.1) is 0 Å². The zero-order valence-corrected chi connectivity index (χ0v) is 13.0. The lowest BCUT2D eigenvalue weighted by molar-refractivity contribution is -0.123. The van der Waals surface area contributed by atoms with Crippen LogP contribution in [0.2, 0.25) is 10.0 Å². The van der Waals surface area contributed by atoms with E-state index in [1.807, 2.05) is 17.0 Å². The van der Waals surface area contributed by atoms with E-state index in [0.717, 1.165) is 31.4 Å². The van der Waals surface area contributed by atoms with Crippen molar-refractivity contribution in [3.63, 3.8) is 0 Å². The minimum Gasteiger partial charge on any atom is -0.309 e. The number of hydrogen-bond acceptors (Lipinski definition) is 1. The number of carbonyl (C=O) groups is 1. The lowest BCUT2D eigenvalue weighted by atomic mass is 9.88. The molecule has 2 saturated carbocycles. The van der Waals surface area contributed by atoms with Crippen LogP contribution in [0.25, 0.3) is 0 Å². The highest BCUT2D eigenvalue weighted by Gasteiger charge is 2.37. The molecule has 4 heteroatoms. The molecule has 0 aliphatic heterocycles. The Kier molecular flexibility index (Phi) is 4.23. The van der Waals surface area contributed by atoms with Crippen molar-refractivity contribution in [2.75, 3.05) is 4.90 Å². The van der Waals surface area contributed by atoms with E-state index in [9.17, 15) is 4.79 Å². The molecule has 0 N–H and O–H groups in total. The maximum Gasteiger partial charge on any atom is 0.230 e. The molecule has 1 aromatic carbocycles. The molecular formula is C16H19Cl2NO. The van der Waals surface area contributed by atoms with E-state index in [2.05, 4.69) is 0 Å². The molecule has 0 unspecified atom stereocenters. The molecule has 3 rings (SSSR count). The summed E-state index contributed by atoms with van der Waals surface area (Å²) in [6.45, 7) is 0. The van der Waals surface area contributed by atoms with Gasteiger partial charge in [0.25, 0.3) is 0 Å². The van der Waals surface area contributed by atoms with Crippen LogP contribution in [0.15, 0.2) is 18.2 Å². The molecular weight excluding hydrogens is 293 g/mol. The van der Waals surface area contributed by atoms with Gasteiger partial charge >= 0.3 is 0 Å². The van der Waals surface area contributed by atoms with Crippen LogP contribution in [0.1, 0.15) is 44.9 Å². The fraction of sp³-hybridized carbons (Fsp3) is 0.562. The van der Waals surface area contributed by atoms with Crippen molar-refractivity contribution in [3.05, 3.63) is 28.2 Å². The Morgan fingerprint density at radius 1 is 1.00 bits per heavy atom. The van der Waals surface area contributed by atoms with E-state index in [-0.39, 0.29) is 11.8 Å². The second kappa shape index (κ2) is 5.95. The molecule has 2 fully saturated rings. The summed E-state index contributed by atoms with van der Waals surface area (Å²) in [7, 11) is 0. The second-order valence-corrected chi connectivity index (χ2v) is 6.69. The van der Waals surface area contributed by atoms with E-state index >= 15 is 0 Å². The molecule has 2 aliphatic carbocycles. The maximum absolute atomic E-state index is 12.8. The maximum atomic E-state index is 12.8. The predicted octanol–water partition coefficient (Wildman–Crippen LogP) is 5.07. The predicted molar refractivity (Wildman–Crippen MR) is 83.5 cm³/mol. The monoisotopic (exact) mass is 311 g/mol. The minimum atomic E-state index is 0.193. The van der Waals surface area contributed by atoms with Gasteiger partial charge in [-0.2, -0.15) is 0 Å². The molecule has 0 heterocycles. The number of anilines is 1. The van der Waals surface area contributed by atoms with E-state index in [4.69, 9.17) is 23.2 Å². The first-order chi connectivity index (χ1) is 9.66. The van der Waals surface area contributed by atoms with E-state index < -0.39 is 0 Å². The van der Waals surface area contributed by atoms with Crippen LogP contribution in [0, 0.1) is 5.92 Å². The van der Waals surface area contributed by atoms with Crippen LogP contribution in [0.4, 0.5) is 5.69 Å². The molecule has 0 spiro atoms. The van der Waals surface area contributed by atoms with Crippen molar-refractivity contribution in [2.45, 2.75) is 51.0 Å². The Hall–Kier alpha value is -0.730. The van der Waals surface area contributed by atoms with Gasteiger partial charge in [-0.05, 0) is 43.9 Å². The zero-order valence-electron chi connectivity index (χ0n) is 11.4. The van der Waals surface area contributed by atoms with Crippen LogP contribution in [-0.4, -0.2) is 11.9 Å². The summed E-state index contributed by atoms with van der Waals surface area (Å²) >= 11 is 12.1. The van der Waals surface area contributed by atoms with Crippen LogP contribution >= 0.6 is 23.2 Å². The molecule has 0 saturated heterocycles. The largest absolute Gasteiger partial charge is 0.309 e. The molecule has 20 heavy (non-hydrogen) atoms. The van der Waals surface area contributed by atoms with E-state index in [1.54, 1.807) is 6.07 Å². The Bertz CT molecular complexity index is 507. The first-order valence-electron chi connectivity index (χ1n) is 7.45. The number of nitrogens with zero attached hydrogens (tertiary/aromatic N) is 1. The third-order valence-electron chi connectivity index (χ3n) is 4.29. The van der Waals surface area contributed by atoms with Gasteiger partial charge in [0.05, 0.1) is 10.0 Å². The number of amides is 1. The van der Waals surface area contributed by atoms with Crippen LogP contribution in [-0.2, 0) is 4.79 Å². The summed E-state index contributed by atoms with van der Waals surface area (Å²) in [6, 6.07) is 5.88. The third-order valence-corrected chi connectivity index (χ3v) is 5.02. The average molecular weight is 312 g/mol. The van der Waals surface area contributed by atoms with Crippen LogP contribution < -0.4 is 4.90 Å². The zero-order chi connectivity index (χ0) is 14.1. The fourth-order valence-electron chi connectivity index (χ4n) is 3.03. The van der Waals surface area contributed by atoms with Crippen molar-refractivity contribution in [2.24, 2.45) is 5.92 Å². The lowest BCUT2D eigenvalue weighted by Gasteiger charge is -2.29. The molecule has 2 nitrogen and oxygen atoms in total. The van der Waals surface area contributed by atoms with Gasteiger partial charge in [0, 0.05) is 17.6 Å². The van der Waals surface area contributed by atoms with Crippen molar-refractivity contribution >= 4 is 34.8 Å². The molecule has 0 atom stereocenters. The summed E-state index contributed by atoms with van der Waals surface area (Å²) in [4.78, 5) is 14.8. The van der Waals surface area contributed by atoms with Crippen molar-refractivity contribution in [1.29, 1.82) is 0 Å². The Labute approximate surface area is 130 Å². The highest BCUT2D eigenvalue weighted by molar-refractivity contribution is 6.42. The van der Waals surface area contributed by atoms with Crippen molar-refractivity contribution in [3.8, 4) is 0 Å². The van der Waals surface area contributed by atoms with Gasteiger partial charge in [-0.3, -0.25) is 4.79 Å². The van der Waals surface area contributed by atoms with Gasteiger partial charge in [-0.25, -0.2) is 0 Å². The summed E-state index contributed by atoms with van der Waals surface area (Å²) in [5.41, 5.74) is 0.900. The average Bonchev–Trinajstić information content (AvgIpc) is 3.28. The first kappa shape index (κ1) is 14.2. The minimum absolute atomic E-state index is 0.193.